The first-order chi connectivity index (χ1) is 10.2. The molecule has 0 radical (unpaired) electrons. The predicted octanol–water partition coefficient (Wildman–Crippen LogP) is 4.19. The SMILES string of the molecule is CC(NC1CCCCCC1C)c1nc2ccccc2n1C. The van der Waals surface area contributed by atoms with Crippen LogP contribution in [-0.2, 0) is 7.05 Å². The largest absolute Gasteiger partial charge is 0.330 e. The van der Waals surface area contributed by atoms with E-state index in [9.17, 15) is 0 Å². The fraction of sp³-hybridized carbons (Fsp3) is 0.611. The van der Waals surface area contributed by atoms with Crippen LogP contribution in [0.1, 0.15) is 57.8 Å². The maximum absolute atomic E-state index is 4.83. The minimum Gasteiger partial charge on any atom is -0.330 e. The number of para-hydroxylation sites is 2. The fourth-order valence-electron chi connectivity index (χ4n) is 3.69. The minimum absolute atomic E-state index is 0.299. The Labute approximate surface area is 127 Å². The second-order valence-electron chi connectivity index (χ2n) is 6.63. The first-order valence-electron chi connectivity index (χ1n) is 8.34. The number of nitrogens with zero attached hydrogens (tertiary/aromatic N) is 2. The average Bonchev–Trinajstić information content (AvgIpc) is 2.69. The quantitative estimate of drug-likeness (QED) is 0.857. The summed E-state index contributed by atoms with van der Waals surface area (Å²) in [4.78, 5) is 4.83. The molecule has 1 N–H and O–H groups in total. The normalized spacial score (nSPS) is 24.9. The molecule has 0 bridgehead atoms. The summed E-state index contributed by atoms with van der Waals surface area (Å²) >= 11 is 0. The van der Waals surface area contributed by atoms with E-state index in [1.807, 2.05) is 0 Å². The molecule has 1 aliphatic rings. The van der Waals surface area contributed by atoms with Gasteiger partial charge in [-0.2, -0.15) is 0 Å². The summed E-state index contributed by atoms with van der Waals surface area (Å²) in [6, 6.07) is 9.31. The van der Waals surface area contributed by atoms with E-state index in [0.717, 1.165) is 17.3 Å². The number of imidazole rings is 1. The van der Waals surface area contributed by atoms with E-state index in [1.54, 1.807) is 0 Å². The van der Waals surface area contributed by atoms with Gasteiger partial charge in [0.15, 0.2) is 0 Å². The summed E-state index contributed by atoms with van der Waals surface area (Å²) in [5.41, 5.74) is 2.31. The molecule has 3 unspecified atom stereocenters. The van der Waals surface area contributed by atoms with E-state index in [1.165, 1.54) is 37.6 Å². The molecule has 1 aromatic heterocycles. The molecule has 0 amide bonds. The summed E-state index contributed by atoms with van der Waals surface area (Å²) < 4.78 is 2.23. The van der Waals surface area contributed by atoms with Crippen LogP contribution in [0.2, 0.25) is 0 Å². The molecule has 1 saturated carbocycles. The molecular weight excluding hydrogens is 258 g/mol. The van der Waals surface area contributed by atoms with Gasteiger partial charge in [-0.05, 0) is 37.8 Å². The Kier molecular flexibility index (Phi) is 4.29. The molecule has 3 heteroatoms. The predicted molar refractivity (Wildman–Crippen MR) is 88.3 cm³/mol. The topological polar surface area (TPSA) is 29.9 Å². The molecule has 0 spiro atoms. The van der Waals surface area contributed by atoms with Gasteiger partial charge in [-0.3, -0.25) is 0 Å². The Morgan fingerprint density at radius 3 is 2.76 bits per heavy atom. The van der Waals surface area contributed by atoms with Crippen LogP contribution in [0.3, 0.4) is 0 Å². The molecule has 21 heavy (non-hydrogen) atoms. The Morgan fingerprint density at radius 1 is 1.19 bits per heavy atom. The zero-order valence-electron chi connectivity index (χ0n) is 13.5. The van der Waals surface area contributed by atoms with E-state index >= 15 is 0 Å². The van der Waals surface area contributed by atoms with Crippen LogP contribution in [0.4, 0.5) is 0 Å². The number of aromatic nitrogens is 2. The monoisotopic (exact) mass is 285 g/mol. The van der Waals surface area contributed by atoms with Crippen molar-refractivity contribution in [3.63, 3.8) is 0 Å². The molecule has 1 aliphatic carbocycles. The lowest BCUT2D eigenvalue weighted by Gasteiger charge is -2.26. The van der Waals surface area contributed by atoms with Crippen molar-refractivity contribution < 1.29 is 0 Å². The summed E-state index contributed by atoms with van der Waals surface area (Å²) in [5.74, 6) is 1.91. The van der Waals surface area contributed by atoms with Crippen LogP contribution in [0, 0.1) is 5.92 Å². The molecule has 2 aromatic rings. The molecule has 3 atom stereocenters. The van der Waals surface area contributed by atoms with Crippen LogP contribution < -0.4 is 5.32 Å². The lowest BCUT2D eigenvalue weighted by atomic mass is 9.96. The second kappa shape index (κ2) is 6.18. The Bertz CT molecular complexity index is 602. The van der Waals surface area contributed by atoms with Crippen LogP contribution in [-0.4, -0.2) is 15.6 Å². The van der Waals surface area contributed by atoms with Gasteiger partial charge in [0.1, 0.15) is 5.82 Å². The van der Waals surface area contributed by atoms with Crippen molar-refractivity contribution in [2.75, 3.05) is 0 Å². The molecule has 3 nitrogen and oxygen atoms in total. The third kappa shape index (κ3) is 2.98. The van der Waals surface area contributed by atoms with E-state index in [4.69, 9.17) is 4.98 Å². The Balaban J connectivity index is 1.80. The third-order valence-electron chi connectivity index (χ3n) is 5.03. The van der Waals surface area contributed by atoms with Crippen molar-refractivity contribution in [3.05, 3.63) is 30.1 Å². The molecule has 3 rings (SSSR count). The van der Waals surface area contributed by atoms with Gasteiger partial charge in [-0.1, -0.05) is 38.3 Å². The van der Waals surface area contributed by atoms with Crippen molar-refractivity contribution in [2.45, 2.75) is 58.0 Å². The first-order valence-corrected chi connectivity index (χ1v) is 8.34. The lowest BCUT2D eigenvalue weighted by Crippen LogP contribution is -2.37. The smallest absolute Gasteiger partial charge is 0.126 e. The highest BCUT2D eigenvalue weighted by Crippen LogP contribution is 2.26. The lowest BCUT2D eigenvalue weighted by molar-refractivity contribution is 0.323. The number of nitrogens with one attached hydrogen (secondary N) is 1. The molecule has 114 valence electrons. The van der Waals surface area contributed by atoms with Gasteiger partial charge in [-0.25, -0.2) is 4.98 Å². The molecular formula is C18H27N3. The van der Waals surface area contributed by atoms with Crippen LogP contribution >= 0.6 is 0 Å². The van der Waals surface area contributed by atoms with Crippen LogP contribution in [0.15, 0.2) is 24.3 Å². The summed E-state index contributed by atoms with van der Waals surface area (Å²) in [5, 5.41) is 3.84. The first kappa shape index (κ1) is 14.6. The molecule has 1 heterocycles. The van der Waals surface area contributed by atoms with Gasteiger partial charge < -0.3 is 9.88 Å². The third-order valence-corrected chi connectivity index (χ3v) is 5.03. The van der Waals surface area contributed by atoms with E-state index in [0.29, 0.717) is 12.1 Å². The Morgan fingerprint density at radius 2 is 1.95 bits per heavy atom. The minimum atomic E-state index is 0.299. The van der Waals surface area contributed by atoms with E-state index in [-0.39, 0.29) is 0 Å². The zero-order chi connectivity index (χ0) is 14.8. The van der Waals surface area contributed by atoms with Crippen LogP contribution in [0.5, 0.6) is 0 Å². The second-order valence-corrected chi connectivity index (χ2v) is 6.63. The van der Waals surface area contributed by atoms with Crippen LogP contribution in [0.25, 0.3) is 11.0 Å². The highest BCUT2D eigenvalue weighted by Gasteiger charge is 2.23. The molecule has 0 aliphatic heterocycles. The zero-order valence-corrected chi connectivity index (χ0v) is 13.5. The van der Waals surface area contributed by atoms with Gasteiger partial charge in [0.2, 0.25) is 0 Å². The van der Waals surface area contributed by atoms with Gasteiger partial charge in [0.05, 0.1) is 17.1 Å². The highest BCUT2D eigenvalue weighted by molar-refractivity contribution is 5.75. The summed E-state index contributed by atoms with van der Waals surface area (Å²) in [6.45, 7) is 4.64. The molecule has 1 aromatic carbocycles. The van der Waals surface area contributed by atoms with Crippen molar-refractivity contribution in [2.24, 2.45) is 13.0 Å². The van der Waals surface area contributed by atoms with Crippen molar-refractivity contribution >= 4 is 11.0 Å². The number of aryl methyl sites for hydroxylation is 1. The summed E-state index contributed by atoms with van der Waals surface area (Å²) in [7, 11) is 2.12. The van der Waals surface area contributed by atoms with Gasteiger partial charge in [-0.15, -0.1) is 0 Å². The Hall–Kier alpha value is -1.35. The fourth-order valence-corrected chi connectivity index (χ4v) is 3.69. The van der Waals surface area contributed by atoms with E-state index < -0.39 is 0 Å². The average molecular weight is 285 g/mol. The number of benzene rings is 1. The van der Waals surface area contributed by atoms with Gasteiger partial charge in [0.25, 0.3) is 0 Å². The maximum atomic E-state index is 4.83. The number of rotatable bonds is 3. The van der Waals surface area contributed by atoms with Crippen molar-refractivity contribution in [1.29, 1.82) is 0 Å². The molecule has 0 saturated heterocycles. The van der Waals surface area contributed by atoms with Gasteiger partial charge in [0, 0.05) is 13.1 Å². The summed E-state index contributed by atoms with van der Waals surface area (Å²) in [6.07, 6.45) is 6.79. The van der Waals surface area contributed by atoms with Crippen molar-refractivity contribution in [3.8, 4) is 0 Å². The number of hydrogen-bond donors (Lipinski definition) is 1. The standard InChI is InChI=1S/C18H27N3/c1-13-9-5-4-6-10-15(13)19-14(2)18-20-16-11-7-8-12-17(16)21(18)3/h7-8,11-15,19H,4-6,9-10H2,1-3H3. The highest BCUT2D eigenvalue weighted by atomic mass is 15.1. The van der Waals surface area contributed by atoms with Gasteiger partial charge >= 0.3 is 0 Å². The number of fused-ring (bicyclic) bond motifs is 1. The van der Waals surface area contributed by atoms with E-state index in [2.05, 4.69) is 55.0 Å². The molecule has 1 fully saturated rings. The maximum Gasteiger partial charge on any atom is 0.126 e. The van der Waals surface area contributed by atoms with Crippen molar-refractivity contribution in [1.82, 2.24) is 14.9 Å². The number of hydrogen-bond acceptors (Lipinski definition) is 2.